The molecule has 0 aromatic carbocycles. The Balaban J connectivity index is 3.45. The van der Waals surface area contributed by atoms with E-state index in [-0.39, 0.29) is 0 Å². The van der Waals surface area contributed by atoms with Crippen molar-refractivity contribution in [1.29, 1.82) is 0 Å². The fourth-order valence-corrected chi connectivity index (χ4v) is 2.28. The highest BCUT2D eigenvalue weighted by Gasteiger charge is 2.67. The van der Waals surface area contributed by atoms with Gasteiger partial charge in [-0.2, -0.15) is 25.6 Å². The molecule has 0 aliphatic carbocycles. The normalized spacial score (nSPS) is 28.6. The summed E-state index contributed by atoms with van der Waals surface area (Å²) in [7, 11) is -11.6. The average Bonchev–Trinajstić information content (AvgIpc) is 1.80. The van der Waals surface area contributed by atoms with Crippen LogP contribution in [0.25, 0.3) is 0 Å². The van der Waals surface area contributed by atoms with Crippen molar-refractivity contribution >= 4 is 26.4 Å². The maximum absolute atomic E-state index is 12.4. The van der Waals surface area contributed by atoms with Crippen LogP contribution >= 0.6 is 0 Å². The third-order valence-corrected chi connectivity index (χ3v) is 4.04. The molecule has 0 aromatic rings. The number of carbonyl (C=O) groups excluding carboxylic acids is 1. The number of carbonyl (C=O) groups is 1. The SMILES string of the molecule is O=C1OS(=O)(=O)C(F)(F)S(=O)(=O)O1. The van der Waals surface area contributed by atoms with Crippen LogP contribution in [0.15, 0.2) is 0 Å². The maximum Gasteiger partial charge on any atom is 0.540 e. The molecular weight excluding hydrogens is 238 g/mol. The smallest absolute Gasteiger partial charge is 0.306 e. The summed E-state index contributed by atoms with van der Waals surface area (Å²) in [4.78, 5) is 10.0. The van der Waals surface area contributed by atoms with E-state index in [2.05, 4.69) is 8.37 Å². The van der Waals surface area contributed by atoms with E-state index in [9.17, 15) is 30.4 Å². The Morgan fingerprint density at radius 3 is 1.62 bits per heavy atom. The lowest BCUT2D eigenvalue weighted by Crippen LogP contribution is -2.46. The Labute approximate surface area is 70.5 Å². The van der Waals surface area contributed by atoms with E-state index in [1.54, 1.807) is 0 Å². The molecule has 0 aromatic heterocycles. The van der Waals surface area contributed by atoms with Crippen LogP contribution in [0.2, 0.25) is 0 Å². The van der Waals surface area contributed by atoms with Gasteiger partial charge in [0.1, 0.15) is 0 Å². The molecule has 76 valence electrons. The highest BCUT2D eigenvalue weighted by atomic mass is 32.3. The minimum atomic E-state index is -5.81. The van der Waals surface area contributed by atoms with E-state index in [4.69, 9.17) is 0 Å². The van der Waals surface area contributed by atoms with E-state index >= 15 is 0 Å². The van der Waals surface area contributed by atoms with Crippen LogP contribution in [-0.2, 0) is 28.6 Å². The minimum absolute atomic E-state index is 2.23. The molecule has 0 amide bonds. The number of hydrogen-bond donors (Lipinski definition) is 0. The molecule has 0 saturated carbocycles. The van der Waals surface area contributed by atoms with Gasteiger partial charge in [-0.3, -0.25) is 0 Å². The molecule has 1 rings (SSSR count). The zero-order valence-electron chi connectivity index (χ0n) is 5.43. The summed E-state index contributed by atoms with van der Waals surface area (Å²) in [5.74, 6) is 0. The first-order chi connectivity index (χ1) is 5.60. The van der Waals surface area contributed by atoms with Crippen LogP contribution in [0, 0.1) is 0 Å². The molecular formula is C2F2O7S2. The van der Waals surface area contributed by atoms with Crippen molar-refractivity contribution in [3.63, 3.8) is 0 Å². The first-order valence-electron chi connectivity index (χ1n) is 2.40. The largest absolute Gasteiger partial charge is 0.540 e. The third kappa shape index (κ3) is 1.23. The van der Waals surface area contributed by atoms with Crippen LogP contribution in [0.3, 0.4) is 0 Å². The summed E-state index contributed by atoms with van der Waals surface area (Å²) in [6, 6.07) is 0. The molecule has 13 heavy (non-hydrogen) atoms. The van der Waals surface area contributed by atoms with Crippen LogP contribution in [-0.4, -0.2) is 27.6 Å². The van der Waals surface area contributed by atoms with Crippen molar-refractivity contribution < 1.29 is 38.8 Å². The quantitative estimate of drug-likeness (QED) is 0.517. The van der Waals surface area contributed by atoms with Crippen molar-refractivity contribution in [1.82, 2.24) is 0 Å². The first kappa shape index (κ1) is 10.1. The lowest BCUT2D eigenvalue weighted by molar-refractivity contribution is 0.0979. The van der Waals surface area contributed by atoms with Gasteiger partial charge in [0.25, 0.3) is 0 Å². The zero-order valence-corrected chi connectivity index (χ0v) is 7.06. The standard InChI is InChI=1S/C2F2O7S2/c3-2(4)12(6,7)10-1(5)11-13(2,8)9. The topological polar surface area (TPSA) is 104 Å². The minimum Gasteiger partial charge on any atom is -0.306 e. The number of alkyl halides is 2. The number of halogens is 2. The van der Waals surface area contributed by atoms with Gasteiger partial charge < -0.3 is 8.37 Å². The third-order valence-electron chi connectivity index (χ3n) is 0.938. The van der Waals surface area contributed by atoms with Gasteiger partial charge in [-0.1, -0.05) is 0 Å². The van der Waals surface area contributed by atoms with Gasteiger partial charge in [-0.25, -0.2) is 4.79 Å². The summed E-state index contributed by atoms with van der Waals surface area (Å²) in [5, 5.41) is 0. The molecule has 0 N–H and O–H groups in total. The molecule has 11 heteroatoms. The van der Waals surface area contributed by atoms with Crippen molar-refractivity contribution in [2.45, 2.75) is 4.59 Å². The van der Waals surface area contributed by atoms with Gasteiger partial charge >= 0.3 is 31.0 Å². The summed E-state index contributed by atoms with van der Waals surface area (Å²) < 4.78 is 66.6. The lowest BCUT2D eigenvalue weighted by atomic mass is 11.5. The van der Waals surface area contributed by atoms with Crippen molar-refractivity contribution in [2.75, 3.05) is 0 Å². The molecule has 1 heterocycles. The van der Waals surface area contributed by atoms with Crippen LogP contribution in [0.5, 0.6) is 0 Å². The zero-order chi connectivity index (χ0) is 10.5. The average molecular weight is 238 g/mol. The fraction of sp³-hybridized carbons (Fsp3) is 0.500. The molecule has 1 fully saturated rings. The van der Waals surface area contributed by atoms with Crippen molar-refractivity contribution in [3.8, 4) is 0 Å². The van der Waals surface area contributed by atoms with Crippen LogP contribution in [0.4, 0.5) is 13.6 Å². The van der Waals surface area contributed by atoms with Gasteiger partial charge in [0.05, 0.1) is 0 Å². The summed E-state index contributed by atoms with van der Waals surface area (Å²) in [6.45, 7) is 0. The van der Waals surface area contributed by atoms with Gasteiger partial charge in [0.2, 0.25) is 0 Å². The van der Waals surface area contributed by atoms with Gasteiger partial charge in [-0.05, 0) is 0 Å². The van der Waals surface area contributed by atoms with Crippen molar-refractivity contribution in [3.05, 3.63) is 0 Å². The monoisotopic (exact) mass is 238 g/mol. The molecule has 1 saturated heterocycles. The summed E-state index contributed by atoms with van der Waals surface area (Å²) >= 11 is 0. The Morgan fingerprint density at radius 1 is 1.00 bits per heavy atom. The van der Waals surface area contributed by atoms with E-state index < -0.39 is 31.0 Å². The van der Waals surface area contributed by atoms with Crippen LogP contribution in [0.1, 0.15) is 0 Å². The Hall–Kier alpha value is -0.970. The van der Waals surface area contributed by atoms with Crippen molar-refractivity contribution in [2.24, 2.45) is 0 Å². The highest BCUT2D eigenvalue weighted by molar-refractivity contribution is 8.06. The first-order valence-corrected chi connectivity index (χ1v) is 5.22. The van der Waals surface area contributed by atoms with E-state index in [1.165, 1.54) is 0 Å². The molecule has 0 bridgehead atoms. The maximum atomic E-state index is 12.4. The summed E-state index contributed by atoms with van der Waals surface area (Å²) in [5.41, 5.74) is 0. The second-order valence-electron chi connectivity index (χ2n) is 1.79. The molecule has 0 radical (unpaired) electrons. The Kier molecular flexibility index (Phi) is 1.78. The lowest BCUT2D eigenvalue weighted by Gasteiger charge is -2.19. The molecule has 0 unspecified atom stereocenters. The van der Waals surface area contributed by atoms with Gasteiger partial charge in [0.15, 0.2) is 0 Å². The molecule has 1 aliphatic rings. The second kappa shape index (κ2) is 2.29. The van der Waals surface area contributed by atoms with Gasteiger partial charge in [-0.15, -0.1) is 0 Å². The van der Waals surface area contributed by atoms with E-state index in [0.29, 0.717) is 0 Å². The highest BCUT2D eigenvalue weighted by Crippen LogP contribution is 2.35. The fourth-order valence-electron chi connectivity index (χ4n) is 0.415. The Bertz CT molecular complexity index is 403. The molecule has 1 aliphatic heterocycles. The van der Waals surface area contributed by atoms with Gasteiger partial charge in [0, 0.05) is 0 Å². The summed E-state index contributed by atoms with van der Waals surface area (Å²) in [6.07, 6.45) is -2.23. The molecule has 0 spiro atoms. The predicted molar refractivity (Wildman–Crippen MR) is 30.4 cm³/mol. The number of rotatable bonds is 0. The van der Waals surface area contributed by atoms with Crippen LogP contribution < -0.4 is 0 Å². The molecule has 0 atom stereocenters. The predicted octanol–water partition coefficient (Wildman–Crippen LogP) is -0.637. The van der Waals surface area contributed by atoms with E-state index in [1.807, 2.05) is 0 Å². The second-order valence-corrected chi connectivity index (χ2v) is 5.22. The molecule has 7 nitrogen and oxygen atoms in total. The Morgan fingerprint density at radius 2 is 1.31 bits per heavy atom. The number of hydrogen-bond acceptors (Lipinski definition) is 7. The van der Waals surface area contributed by atoms with E-state index in [0.717, 1.165) is 0 Å².